The number of aliphatic hydroxyl groups is 1. The monoisotopic (exact) mass is 824 g/mol. The van der Waals surface area contributed by atoms with Crippen molar-refractivity contribution in [2.45, 2.75) is 92.3 Å². The van der Waals surface area contributed by atoms with Crippen LogP contribution >= 0.6 is 0 Å². The van der Waals surface area contributed by atoms with Crippen LogP contribution in [-0.2, 0) is 35.2 Å². The van der Waals surface area contributed by atoms with Crippen molar-refractivity contribution in [1.29, 1.82) is 0 Å². The third kappa shape index (κ3) is 14.2. The highest BCUT2D eigenvalue weighted by Crippen LogP contribution is 2.34. The molecule has 2 aliphatic rings. The molecule has 0 saturated carbocycles. The molecule has 4 aromatic rings. The van der Waals surface area contributed by atoms with Crippen LogP contribution in [0.2, 0.25) is 0 Å². The number of anilines is 2. The van der Waals surface area contributed by atoms with Crippen molar-refractivity contribution in [2.24, 2.45) is 11.8 Å². The summed E-state index contributed by atoms with van der Waals surface area (Å²) in [4.78, 5) is 27.6. The second kappa shape index (κ2) is 20.1. The Hall–Kier alpha value is -5.30. The van der Waals surface area contributed by atoms with Crippen LogP contribution in [0.1, 0.15) is 77.6 Å². The second-order valence-corrected chi connectivity index (χ2v) is 17.0. The van der Waals surface area contributed by atoms with Crippen LogP contribution in [0.3, 0.4) is 0 Å². The fourth-order valence-corrected chi connectivity index (χ4v) is 6.36. The molecule has 0 bridgehead atoms. The first-order valence-corrected chi connectivity index (χ1v) is 19.7. The number of hydrogen-bond donors (Lipinski definition) is 2. The number of ether oxygens (including phenoxy) is 3. The summed E-state index contributed by atoms with van der Waals surface area (Å²) < 4.78 is 69.0. The average Bonchev–Trinajstić information content (AvgIpc) is 3.76. The Morgan fingerprint density at radius 1 is 0.661 bits per heavy atom. The van der Waals surface area contributed by atoms with Gasteiger partial charge in [0.2, 0.25) is 0 Å². The molecule has 0 radical (unpaired) electrons. The van der Waals surface area contributed by atoms with E-state index in [4.69, 9.17) is 19.3 Å². The van der Waals surface area contributed by atoms with Gasteiger partial charge in [0.1, 0.15) is 46.0 Å². The number of phenols is 1. The van der Waals surface area contributed by atoms with E-state index >= 15 is 0 Å². The highest BCUT2D eigenvalue weighted by atomic mass is 19.1. The zero-order chi connectivity index (χ0) is 43.7. The molecular formula is C46H56F4N2O7. The van der Waals surface area contributed by atoms with Crippen molar-refractivity contribution in [3.8, 4) is 11.5 Å². The van der Waals surface area contributed by atoms with Gasteiger partial charge in [0.15, 0.2) is 0 Å². The lowest BCUT2D eigenvalue weighted by Gasteiger charge is -2.24. The zero-order valence-electron chi connectivity index (χ0n) is 35.1. The molecule has 6 rings (SSSR count). The highest BCUT2D eigenvalue weighted by molar-refractivity contribution is 5.91. The summed E-state index contributed by atoms with van der Waals surface area (Å²) in [6.07, 6.45) is 1.71. The number of carbonyl (C=O) groups excluding carboxylic acids is 2. The third-order valence-corrected chi connectivity index (χ3v) is 9.15. The molecule has 9 nitrogen and oxygen atoms in total. The summed E-state index contributed by atoms with van der Waals surface area (Å²) in [5.74, 6) is -1.22. The fourth-order valence-electron chi connectivity index (χ4n) is 6.36. The number of nitrogens with zero attached hydrogens (tertiary/aromatic N) is 2. The molecule has 0 saturated heterocycles. The van der Waals surface area contributed by atoms with Gasteiger partial charge in [-0.2, -0.15) is 0 Å². The van der Waals surface area contributed by atoms with Gasteiger partial charge in [0, 0.05) is 31.8 Å². The van der Waals surface area contributed by atoms with Crippen molar-refractivity contribution in [1.82, 2.24) is 0 Å². The minimum Gasteiger partial charge on any atom is -0.508 e. The Labute approximate surface area is 344 Å². The van der Waals surface area contributed by atoms with Gasteiger partial charge in [0.25, 0.3) is 0 Å². The number of hydrogen-bond acceptors (Lipinski definition) is 7. The van der Waals surface area contributed by atoms with E-state index < -0.39 is 34.5 Å². The van der Waals surface area contributed by atoms with Crippen molar-refractivity contribution < 1.29 is 51.6 Å². The Morgan fingerprint density at radius 2 is 1.12 bits per heavy atom. The summed E-state index contributed by atoms with van der Waals surface area (Å²) >= 11 is 0. The lowest BCUT2D eigenvalue weighted by Crippen LogP contribution is -2.35. The topological polar surface area (TPSA) is 109 Å². The van der Waals surface area contributed by atoms with E-state index in [1.54, 1.807) is 28.0 Å². The molecule has 320 valence electrons. The molecule has 0 aliphatic carbocycles. The SMILES string of the molecule is CC(C)(C)OC(=O)N1CCc2cc(O)ccc21.CC(CO)Cc1ccc(F)cc1F.CC(COc1ccc2c(c1)CCN2C(=O)OC(C)(C)C)Cc1ccc(F)cc1F. The summed E-state index contributed by atoms with van der Waals surface area (Å²) in [5.41, 5.74) is 3.58. The van der Waals surface area contributed by atoms with Gasteiger partial charge in [-0.15, -0.1) is 0 Å². The normalized spacial score (nSPS) is 14.2. The minimum absolute atomic E-state index is 0.0000359. The maximum Gasteiger partial charge on any atom is 0.414 e. The molecule has 0 fully saturated rings. The van der Waals surface area contributed by atoms with E-state index in [0.717, 1.165) is 47.5 Å². The Morgan fingerprint density at radius 3 is 1.58 bits per heavy atom. The first kappa shape index (κ1) is 46.4. The number of benzene rings is 4. The van der Waals surface area contributed by atoms with Crippen LogP contribution in [0.15, 0.2) is 72.8 Å². The van der Waals surface area contributed by atoms with Crippen molar-refractivity contribution in [2.75, 3.05) is 36.1 Å². The molecule has 13 heteroatoms. The number of halogens is 4. The number of phenolic OH excluding ortho intramolecular Hbond substituents is 1. The van der Waals surface area contributed by atoms with Crippen LogP contribution < -0.4 is 14.5 Å². The van der Waals surface area contributed by atoms with Gasteiger partial charge in [-0.25, -0.2) is 27.2 Å². The molecule has 59 heavy (non-hydrogen) atoms. The zero-order valence-corrected chi connectivity index (χ0v) is 35.1. The lowest BCUT2D eigenvalue weighted by molar-refractivity contribution is 0.0573. The van der Waals surface area contributed by atoms with Crippen molar-refractivity contribution in [3.63, 3.8) is 0 Å². The second-order valence-electron chi connectivity index (χ2n) is 17.0. The maximum atomic E-state index is 13.8. The van der Waals surface area contributed by atoms with E-state index in [0.29, 0.717) is 49.4 Å². The summed E-state index contributed by atoms with van der Waals surface area (Å²) in [6, 6.07) is 17.8. The van der Waals surface area contributed by atoms with E-state index in [2.05, 4.69) is 0 Å². The van der Waals surface area contributed by atoms with Gasteiger partial charge in [0.05, 0.1) is 18.0 Å². The largest absolute Gasteiger partial charge is 0.508 e. The molecule has 2 heterocycles. The quantitative estimate of drug-likeness (QED) is 0.170. The minimum atomic E-state index is -0.575. The average molecular weight is 825 g/mol. The predicted molar refractivity (Wildman–Crippen MR) is 220 cm³/mol. The van der Waals surface area contributed by atoms with Crippen LogP contribution in [-0.4, -0.2) is 59.9 Å². The van der Waals surface area contributed by atoms with Gasteiger partial charge in [-0.1, -0.05) is 26.0 Å². The number of aliphatic hydroxyl groups excluding tert-OH is 1. The van der Waals surface area contributed by atoms with E-state index in [9.17, 15) is 32.3 Å². The predicted octanol–water partition coefficient (Wildman–Crippen LogP) is 10.3. The number of carbonyl (C=O) groups is 2. The first-order valence-electron chi connectivity index (χ1n) is 19.7. The van der Waals surface area contributed by atoms with Gasteiger partial charge in [-0.3, -0.25) is 9.80 Å². The van der Waals surface area contributed by atoms with Crippen molar-refractivity contribution in [3.05, 3.63) is 118 Å². The summed E-state index contributed by atoms with van der Waals surface area (Å²) in [7, 11) is 0. The van der Waals surface area contributed by atoms with E-state index in [1.807, 2.05) is 73.6 Å². The van der Waals surface area contributed by atoms with E-state index in [1.165, 1.54) is 24.3 Å². The number of fused-ring (bicyclic) bond motifs is 2. The number of rotatable bonds is 8. The molecular weight excluding hydrogens is 769 g/mol. The molecule has 2 amide bonds. The Kier molecular flexibility index (Phi) is 15.8. The first-order chi connectivity index (χ1) is 27.6. The van der Waals surface area contributed by atoms with Gasteiger partial charge < -0.3 is 24.4 Å². The van der Waals surface area contributed by atoms with Crippen LogP contribution in [0.25, 0.3) is 0 Å². The summed E-state index contributed by atoms with van der Waals surface area (Å²) in [5, 5.41) is 18.1. The molecule has 2 N–H and O–H groups in total. The fraction of sp³-hybridized carbons (Fsp3) is 0.435. The van der Waals surface area contributed by atoms with Crippen molar-refractivity contribution >= 4 is 23.6 Å². The Balaban J connectivity index is 0.000000216. The molecule has 2 unspecified atom stereocenters. The number of aromatic hydroxyl groups is 1. The van der Waals surface area contributed by atoms with Crippen LogP contribution in [0.4, 0.5) is 38.5 Å². The highest BCUT2D eigenvalue weighted by Gasteiger charge is 2.30. The van der Waals surface area contributed by atoms with E-state index in [-0.39, 0.29) is 36.4 Å². The third-order valence-electron chi connectivity index (χ3n) is 9.15. The van der Waals surface area contributed by atoms with Crippen LogP contribution in [0, 0.1) is 35.1 Å². The molecule has 0 spiro atoms. The van der Waals surface area contributed by atoms with Crippen LogP contribution in [0.5, 0.6) is 11.5 Å². The molecule has 0 aromatic heterocycles. The Bertz CT molecular complexity index is 2060. The number of amides is 2. The molecule has 2 aliphatic heterocycles. The molecule has 2 atom stereocenters. The molecule has 4 aromatic carbocycles. The van der Waals surface area contributed by atoms with Gasteiger partial charge in [-0.05, 0) is 150 Å². The summed E-state index contributed by atoms with van der Waals surface area (Å²) in [6.45, 7) is 16.4. The van der Waals surface area contributed by atoms with Gasteiger partial charge >= 0.3 is 12.2 Å². The maximum absolute atomic E-state index is 13.8. The smallest absolute Gasteiger partial charge is 0.414 e. The standard InChI is InChI=1S/C23H27F2NO3.C13H17NO3.C10H12F2O/c1-15(11-16-5-6-18(24)13-20(16)25)14-28-19-7-8-21-17(12-19)9-10-26(21)22(27)29-23(2,3)4;1-13(2,3)17-12(16)14-7-6-9-8-10(15)4-5-11(9)14;1-7(6-13)4-8-2-3-9(11)5-10(8)12/h5-8,12-13,15H,9-11,14H2,1-4H3;4-5,8,15H,6-7H2,1-3H3;2-3,5,7,13H,4,6H2,1H3. The lowest BCUT2D eigenvalue weighted by atomic mass is 10.0.